The van der Waals surface area contributed by atoms with E-state index in [1.54, 1.807) is 12.1 Å². The maximum absolute atomic E-state index is 12.5. The maximum Gasteiger partial charge on any atom is 0.243 e. The second kappa shape index (κ2) is 6.74. The number of sulfonamides is 1. The minimum Gasteiger partial charge on any atom is -0.325 e. The summed E-state index contributed by atoms with van der Waals surface area (Å²) in [5.74, 6) is -0.465. The third kappa shape index (κ3) is 3.94. The fourth-order valence-corrected chi connectivity index (χ4v) is 3.57. The highest BCUT2D eigenvalue weighted by Crippen LogP contribution is 2.19. The number of piperazine rings is 1. The normalized spacial score (nSPS) is 17.6. The van der Waals surface area contributed by atoms with E-state index in [1.807, 2.05) is 7.05 Å². The number of alkyl halides is 1. The van der Waals surface area contributed by atoms with Crippen LogP contribution in [0.15, 0.2) is 29.2 Å². The number of nitrogens with one attached hydrogen (secondary N) is 1. The molecule has 1 aliphatic rings. The Kier molecular flexibility index (Phi) is 5.21. The van der Waals surface area contributed by atoms with Gasteiger partial charge in [0.15, 0.2) is 0 Å². The lowest BCUT2D eigenvalue weighted by molar-refractivity contribution is -0.113. The number of amides is 1. The molecule has 116 valence electrons. The van der Waals surface area contributed by atoms with Crippen molar-refractivity contribution >= 4 is 33.2 Å². The van der Waals surface area contributed by atoms with Crippen LogP contribution in [0.4, 0.5) is 5.69 Å². The SMILES string of the molecule is CN1CCN(S(=O)(=O)c2ccc(NC(=O)CCl)cc2)CC1. The number of rotatable bonds is 4. The van der Waals surface area contributed by atoms with Gasteiger partial charge >= 0.3 is 0 Å². The van der Waals surface area contributed by atoms with Crippen LogP contribution in [0.2, 0.25) is 0 Å². The fraction of sp³-hybridized carbons (Fsp3) is 0.462. The van der Waals surface area contributed by atoms with Gasteiger partial charge in [-0.2, -0.15) is 4.31 Å². The van der Waals surface area contributed by atoms with Crippen molar-refractivity contribution in [3.8, 4) is 0 Å². The quantitative estimate of drug-likeness (QED) is 0.829. The van der Waals surface area contributed by atoms with E-state index < -0.39 is 10.0 Å². The first kappa shape index (κ1) is 16.2. The number of carbonyl (C=O) groups is 1. The smallest absolute Gasteiger partial charge is 0.243 e. The molecule has 21 heavy (non-hydrogen) atoms. The molecule has 0 bridgehead atoms. The summed E-state index contributed by atoms with van der Waals surface area (Å²) in [4.78, 5) is 13.5. The van der Waals surface area contributed by atoms with Crippen molar-refractivity contribution in [2.75, 3.05) is 44.4 Å². The van der Waals surface area contributed by atoms with Gasteiger partial charge in [-0.25, -0.2) is 8.42 Å². The van der Waals surface area contributed by atoms with Crippen LogP contribution in [0.1, 0.15) is 0 Å². The molecule has 0 aromatic heterocycles. The van der Waals surface area contributed by atoms with Gasteiger partial charge in [0.1, 0.15) is 5.88 Å². The molecule has 0 spiro atoms. The highest BCUT2D eigenvalue weighted by molar-refractivity contribution is 7.89. The molecule has 1 aromatic rings. The Morgan fingerprint density at radius 1 is 1.19 bits per heavy atom. The van der Waals surface area contributed by atoms with E-state index in [1.165, 1.54) is 16.4 Å². The van der Waals surface area contributed by atoms with Crippen molar-refractivity contribution in [3.63, 3.8) is 0 Å². The van der Waals surface area contributed by atoms with Gasteiger partial charge in [-0.05, 0) is 31.3 Å². The van der Waals surface area contributed by atoms with Crippen LogP contribution < -0.4 is 5.32 Å². The van der Waals surface area contributed by atoms with E-state index in [9.17, 15) is 13.2 Å². The van der Waals surface area contributed by atoms with E-state index in [4.69, 9.17) is 11.6 Å². The third-order valence-electron chi connectivity index (χ3n) is 3.36. The van der Waals surface area contributed by atoms with Gasteiger partial charge in [-0.3, -0.25) is 4.79 Å². The molecule has 1 heterocycles. The Morgan fingerprint density at radius 3 is 2.29 bits per heavy atom. The minimum absolute atomic E-state index is 0.138. The van der Waals surface area contributed by atoms with E-state index in [2.05, 4.69) is 10.2 Å². The standard InChI is InChI=1S/C13H18ClN3O3S/c1-16-6-8-17(9-7-16)21(19,20)12-4-2-11(3-5-12)15-13(18)10-14/h2-5H,6-10H2,1H3,(H,15,18). The zero-order valence-electron chi connectivity index (χ0n) is 11.8. The van der Waals surface area contributed by atoms with E-state index >= 15 is 0 Å². The zero-order chi connectivity index (χ0) is 15.5. The van der Waals surface area contributed by atoms with Gasteiger partial charge in [0.25, 0.3) is 0 Å². The molecule has 1 saturated heterocycles. The van der Waals surface area contributed by atoms with Crippen LogP contribution in [0.3, 0.4) is 0 Å². The summed E-state index contributed by atoms with van der Waals surface area (Å²) in [5, 5.41) is 2.57. The summed E-state index contributed by atoms with van der Waals surface area (Å²) < 4.78 is 26.5. The van der Waals surface area contributed by atoms with Crippen LogP contribution in [0, 0.1) is 0 Å². The molecule has 8 heteroatoms. The number of hydrogen-bond acceptors (Lipinski definition) is 4. The van der Waals surface area contributed by atoms with Gasteiger partial charge < -0.3 is 10.2 Å². The van der Waals surface area contributed by atoms with Crippen molar-refractivity contribution in [3.05, 3.63) is 24.3 Å². The number of anilines is 1. The molecule has 1 aliphatic heterocycles. The molecular weight excluding hydrogens is 314 g/mol. The first-order valence-corrected chi connectivity index (χ1v) is 8.55. The predicted octanol–water partition coefficient (Wildman–Crippen LogP) is 0.800. The summed E-state index contributed by atoms with van der Waals surface area (Å²) in [7, 11) is -1.50. The minimum atomic E-state index is -3.47. The Morgan fingerprint density at radius 2 is 1.76 bits per heavy atom. The largest absolute Gasteiger partial charge is 0.325 e. The van der Waals surface area contributed by atoms with Gasteiger partial charge in [0, 0.05) is 31.9 Å². The topological polar surface area (TPSA) is 69.7 Å². The Balaban J connectivity index is 2.12. The molecule has 6 nitrogen and oxygen atoms in total. The van der Waals surface area contributed by atoms with Crippen molar-refractivity contribution in [1.29, 1.82) is 0 Å². The maximum atomic E-state index is 12.5. The number of nitrogens with zero attached hydrogens (tertiary/aromatic N) is 2. The van der Waals surface area contributed by atoms with E-state index in [0.717, 1.165) is 13.1 Å². The van der Waals surface area contributed by atoms with Crippen molar-refractivity contribution < 1.29 is 13.2 Å². The molecule has 1 fully saturated rings. The predicted molar refractivity (Wildman–Crippen MR) is 82.0 cm³/mol. The van der Waals surface area contributed by atoms with Crippen LogP contribution in [-0.2, 0) is 14.8 Å². The molecule has 1 aromatic carbocycles. The third-order valence-corrected chi connectivity index (χ3v) is 5.52. The van der Waals surface area contributed by atoms with E-state index in [0.29, 0.717) is 18.8 Å². The summed E-state index contributed by atoms with van der Waals surface area (Å²) in [5.41, 5.74) is 0.526. The Labute approximate surface area is 129 Å². The van der Waals surface area contributed by atoms with Crippen LogP contribution >= 0.6 is 11.6 Å². The molecule has 1 amide bonds. The zero-order valence-corrected chi connectivity index (χ0v) is 13.3. The first-order chi connectivity index (χ1) is 9.93. The average molecular weight is 332 g/mol. The lowest BCUT2D eigenvalue weighted by atomic mass is 10.3. The molecule has 0 radical (unpaired) electrons. The number of hydrogen-bond donors (Lipinski definition) is 1. The number of halogens is 1. The van der Waals surface area contributed by atoms with Gasteiger partial charge in [0.05, 0.1) is 4.90 Å². The van der Waals surface area contributed by atoms with Crippen LogP contribution in [0.5, 0.6) is 0 Å². The summed E-state index contributed by atoms with van der Waals surface area (Å²) in [6, 6.07) is 6.12. The molecule has 1 N–H and O–H groups in total. The van der Waals surface area contributed by atoms with Crippen molar-refractivity contribution in [1.82, 2.24) is 9.21 Å². The van der Waals surface area contributed by atoms with Gasteiger partial charge in [0.2, 0.25) is 15.9 Å². The highest BCUT2D eigenvalue weighted by Gasteiger charge is 2.27. The second-order valence-electron chi connectivity index (χ2n) is 4.91. The Hall–Kier alpha value is -1.15. The van der Waals surface area contributed by atoms with E-state index in [-0.39, 0.29) is 16.7 Å². The fourth-order valence-electron chi connectivity index (χ4n) is 2.08. The number of carbonyl (C=O) groups excluding carboxylic acids is 1. The van der Waals surface area contributed by atoms with Gasteiger partial charge in [-0.1, -0.05) is 0 Å². The molecule has 2 rings (SSSR count). The highest BCUT2D eigenvalue weighted by atomic mass is 35.5. The molecule has 0 aliphatic carbocycles. The molecule has 0 unspecified atom stereocenters. The van der Waals surface area contributed by atoms with Crippen molar-refractivity contribution in [2.45, 2.75) is 4.90 Å². The first-order valence-electron chi connectivity index (χ1n) is 6.58. The van der Waals surface area contributed by atoms with Gasteiger partial charge in [-0.15, -0.1) is 11.6 Å². The molecule has 0 saturated carbocycles. The molecule has 0 atom stereocenters. The van der Waals surface area contributed by atoms with Crippen LogP contribution in [-0.4, -0.2) is 62.6 Å². The monoisotopic (exact) mass is 331 g/mol. The summed E-state index contributed by atoms with van der Waals surface area (Å²) in [6.45, 7) is 2.43. The van der Waals surface area contributed by atoms with Crippen molar-refractivity contribution in [2.24, 2.45) is 0 Å². The summed E-state index contributed by atoms with van der Waals surface area (Å²) in [6.07, 6.45) is 0. The number of likely N-dealkylation sites (N-methyl/N-ethyl adjacent to an activating group) is 1. The summed E-state index contributed by atoms with van der Waals surface area (Å²) >= 11 is 5.40. The molecular formula is C13H18ClN3O3S. The Bertz CT molecular complexity index is 596. The number of benzene rings is 1. The van der Waals surface area contributed by atoms with Crippen LogP contribution in [0.25, 0.3) is 0 Å². The second-order valence-corrected chi connectivity index (χ2v) is 7.12. The lowest BCUT2D eigenvalue weighted by Gasteiger charge is -2.31. The lowest BCUT2D eigenvalue weighted by Crippen LogP contribution is -2.46. The average Bonchev–Trinajstić information content (AvgIpc) is 2.48.